The minimum Gasteiger partial charge on any atom is -0.371 e. The van der Waals surface area contributed by atoms with Crippen molar-refractivity contribution in [2.24, 2.45) is 0 Å². The van der Waals surface area contributed by atoms with E-state index in [2.05, 4.69) is 4.90 Å². The molecule has 2 aromatic carbocycles. The van der Waals surface area contributed by atoms with E-state index in [-0.39, 0.29) is 16.3 Å². The van der Waals surface area contributed by atoms with E-state index < -0.39 is 4.92 Å². The first kappa shape index (κ1) is 15.9. The lowest BCUT2D eigenvalue weighted by Crippen LogP contribution is -2.32. The summed E-state index contributed by atoms with van der Waals surface area (Å²) in [6.45, 7) is 1.72. The maximum Gasteiger partial charge on any atom is 0.269 e. The zero-order valence-corrected chi connectivity index (χ0v) is 13.0. The Hall–Kier alpha value is -2.96. The quantitative estimate of drug-likeness (QED) is 0.628. The molecule has 2 aromatic rings. The van der Waals surface area contributed by atoms with Crippen LogP contribution >= 0.6 is 0 Å². The fourth-order valence-corrected chi connectivity index (χ4v) is 3.12. The van der Waals surface area contributed by atoms with Gasteiger partial charge in [-0.1, -0.05) is 12.1 Å². The second-order valence-electron chi connectivity index (χ2n) is 5.88. The third kappa shape index (κ3) is 3.34. The van der Waals surface area contributed by atoms with E-state index in [1.165, 1.54) is 12.1 Å². The van der Waals surface area contributed by atoms with E-state index in [1.54, 1.807) is 24.3 Å². The zero-order chi connectivity index (χ0) is 17.1. The molecule has 0 bridgehead atoms. The molecule has 24 heavy (non-hydrogen) atoms. The van der Waals surface area contributed by atoms with E-state index in [9.17, 15) is 20.2 Å². The van der Waals surface area contributed by atoms with Gasteiger partial charge in [0, 0.05) is 43.0 Å². The van der Waals surface area contributed by atoms with Gasteiger partial charge in [0.25, 0.3) is 11.4 Å². The third-order valence-corrected chi connectivity index (χ3v) is 4.50. The van der Waals surface area contributed by atoms with Crippen molar-refractivity contribution in [1.29, 1.82) is 0 Å². The van der Waals surface area contributed by atoms with Crippen LogP contribution in [-0.2, 0) is 0 Å². The van der Waals surface area contributed by atoms with Crippen LogP contribution in [0.15, 0.2) is 48.5 Å². The van der Waals surface area contributed by atoms with Crippen LogP contribution in [0.25, 0.3) is 0 Å². The number of nitro benzene ring substituents is 2. The number of hydrogen-bond donors (Lipinski definition) is 0. The molecule has 1 heterocycles. The van der Waals surface area contributed by atoms with E-state index >= 15 is 0 Å². The Morgan fingerprint density at radius 1 is 0.792 bits per heavy atom. The summed E-state index contributed by atoms with van der Waals surface area (Å²) >= 11 is 0. The summed E-state index contributed by atoms with van der Waals surface area (Å²) in [5.74, 6) is 0.389. The van der Waals surface area contributed by atoms with Crippen LogP contribution in [0.4, 0.5) is 17.1 Å². The highest BCUT2D eigenvalue weighted by Crippen LogP contribution is 2.31. The number of benzene rings is 2. The Kier molecular flexibility index (Phi) is 4.41. The molecule has 0 saturated carbocycles. The van der Waals surface area contributed by atoms with Gasteiger partial charge < -0.3 is 4.90 Å². The van der Waals surface area contributed by atoms with Crippen molar-refractivity contribution in [2.75, 3.05) is 18.0 Å². The molecule has 0 unspecified atom stereocenters. The topological polar surface area (TPSA) is 89.5 Å². The molecule has 0 amide bonds. The van der Waals surface area contributed by atoms with Crippen LogP contribution < -0.4 is 4.90 Å². The first-order chi connectivity index (χ1) is 11.5. The maximum atomic E-state index is 10.7. The summed E-state index contributed by atoms with van der Waals surface area (Å²) in [7, 11) is 0. The first-order valence-corrected chi connectivity index (χ1v) is 7.78. The van der Waals surface area contributed by atoms with Gasteiger partial charge in [0.05, 0.1) is 9.85 Å². The lowest BCUT2D eigenvalue weighted by Gasteiger charge is -2.33. The van der Waals surface area contributed by atoms with E-state index in [1.807, 2.05) is 12.1 Å². The van der Waals surface area contributed by atoms with Gasteiger partial charge in [-0.3, -0.25) is 20.2 Å². The summed E-state index contributed by atoms with van der Waals surface area (Å²) in [4.78, 5) is 22.8. The molecular formula is C17H17N3O4. The standard InChI is InChI=1S/C17H17N3O4/c21-19(22)16-3-1-13(2-4-16)14-9-11-18(12-10-14)15-5-7-17(8-6-15)20(23)24/h1-8,14H,9-12H2. The van der Waals surface area contributed by atoms with Crippen LogP contribution in [0.5, 0.6) is 0 Å². The van der Waals surface area contributed by atoms with Gasteiger partial charge >= 0.3 is 0 Å². The number of nitro groups is 2. The molecule has 0 radical (unpaired) electrons. The fraction of sp³-hybridized carbons (Fsp3) is 0.294. The fourth-order valence-electron chi connectivity index (χ4n) is 3.12. The van der Waals surface area contributed by atoms with Gasteiger partial charge in [0.2, 0.25) is 0 Å². The monoisotopic (exact) mass is 327 g/mol. The van der Waals surface area contributed by atoms with Crippen LogP contribution in [0.2, 0.25) is 0 Å². The van der Waals surface area contributed by atoms with Crippen molar-refractivity contribution in [3.8, 4) is 0 Å². The molecule has 0 atom stereocenters. The first-order valence-electron chi connectivity index (χ1n) is 7.78. The van der Waals surface area contributed by atoms with Crippen molar-refractivity contribution < 1.29 is 9.85 Å². The Morgan fingerprint density at radius 3 is 1.71 bits per heavy atom. The Morgan fingerprint density at radius 2 is 1.25 bits per heavy atom. The number of non-ortho nitro benzene ring substituents is 2. The van der Waals surface area contributed by atoms with E-state index in [4.69, 9.17) is 0 Å². The van der Waals surface area contributed by atoms with Crippen molar-refractivity contribution >= 4 is 17.1 Å². The molecule has 124 valence electrons. The molecule has 0 aromatic heterocycles. The molecule has 1 aliphatic heterocycles. The predicted octanol–water partition coefficient (Wildman–Crippen LogP) is 3.89. The van der Waals surface area contributed by atoms with E-state index in [0.717, 1.165) is 37.2 Å². The van der Waals surface area contributed by atoms with Gasteiger partial charge in [-0.2, -0.15) is 0 Å². The smallest absolute Gasteiger partial charge is 0.269 e. The predicted molar refractivity (Wildman–Crippen MR) is 90.4 cm³/mol. The highest BCUT2D eigenvalue weighted by atomic mass is 16.6. The molecular weight excluding hydrogens is 310 g/mol. The second kappa shape index (κ2) is 6.66. The molecule has 1 fully saturated rings. The average Bonchev–Trinajstić information content (AvgIpc) is 2.62. The number of piperidine rings is 1. The molecule has 0 spiro atoms. The van der Waals surface area contributed by atoms with Crippen LogP contribution in [0, 0.1) is 20.2 Å². The second-order valence-corrected chi connectivity index (χ2v) is 5.88. The normalized spacial score (nSPS) is 15.2. The van der Waals surface area contributed by atoms with Gasteiger partial charge in [-0.05, 0) is 36.5 Å². The van der Waals surface area contributed by atoms with Crippen molar-refractivity contribution in [3.05, 3.63) is 74.3 Å². The molecule has 1 aliphatic rings. The summed E-state index contributed by atoms with van der Waals surface area (Å²) in [5.41, 5.74) is 2.33. The number of nitrogens with zero attached hydrogens (tertiary/aromatic N) is 3. The van der Waals surface area contributed by atoms with Gasteiger partial charge in [-0.25, -0.2) is 0 Å². The lowest BCUT2D eigenvalue weighted by molar-refractivity contribution is -0.385. The van der Waals surface area contributed by atoms with Gasteiger partial charge in [0.1, 0.15) is 0 Å². The van der Waals surface area contributed by atoms with E-state index in [0.29, 0.717) is 5.92 Å². The Bertz CT molecular complexity index is 670. The number of rotatable bonds is 4. The van der Waals surface area contributed by atoms with Gasteiger partial charge in [-0.15, -0.1) is 0 Å². The highest BCUT2D eigenvalue weighted by Gasteiger charge is 2.21. The Labute approximate surface area is 138 Å². The lowest BCUT2D eigenvalue weighted by atomic mass is 9.89. The number of hydrogen-bond acceptors (Lipinski definition) is 5. The van der Waals surface area contributed by atoms with Crippen LogP contribution in [0.1, 0.15) is 24.3 Å². The molecule has 3 rings (SSSR count). The average molecular weight is 327 g/mol. The summed E-state index contributed by atoms with van der Waals surface area (Å²) in [6, 6.07) is 13.4. The minimum atomic E-state index is -0.398. The summed E-state index contributed by atoms with van der Waals surface area (Å²) < 4.78 is 0. The third-order valence-electron chi connectivity index (χ3n) is 4.50. The highest BCUT2D eigenvalue weighted by molar-refractivity contribution is 5.51. The summed E-state index contributed by atoms with van der Waals surface area (Å²) in [6.07, 6.45) is 1.91. The van der Waals surface area contributed by atoms with Crippen molar-refractivity contribution in [2.45, 2.75) is 18.8 Å². The zero-order valence-electron chi connectivity index (χ0n) is 13.0. The molecule has 0 aliphatic carbocycles. The molecule has 7 nitrogen and oxygen atoms in total. The van der Waals surface area contributed by atoms with Gasteiger partial charge in [0.15, 0.2) is 0 Å². The Balaban J connectivity index is 1.62. The van der Waals surface area contributed by atoms with Crippen LogP contribution in [0.3, 0.4) is 0 Å². The minimum absolute atomic E-state index is 0.0968. The molecule has 1 saturated heterocycles. The largest absolute Gasteiger partial charge is 0.371 e. The maximum absolute atomic E-state index is 10.7. The molecule has 0 N–H and O–H groups in total. The SMILES string of the molecule is O=[N+]([O-])c1ccc(C2CCN(c3ccc([N+](=O)[O-])cc3)CC2)cc1. The summed E-state index contributed by atoms with van der Waals surface area (Å²) in [5, 5.41) is 21.4. The van der Waals surface area contributed by atoms with Crippen molar-refractivity contribution in [1.82, 2.24) is 0 Å². The van der Waals surface area contributed by atoms with Crippen LogP contribution in [-0.4, -0.2) is 22.9 Å². The van der Waals surface area contributed by atoms with Crippen molar-refractivity contribution in [3.63, 3.8) is 0 Å². The number of anilines is 1. The molecule has 7 heteroatoms.